The van der Waals surface area contributed by atoms with Gasteiger partial charge < -0.3 is 4.90 Å². The Morgan fingerprint density at radius 3 is 2.88 bits per heavy atom. The highest BCUT2D eigenvalue weighted by molar-refractivity contribution is 5.93. The van der Waals surface area contributed by atoms with Crippen molar-refractivity contribution in [3.63, 3.8) is 0 Å². The summed E-state index contributed by atoms with van der Waals surface area (Å²) < 4.78 is 0. The van der Waals surface area contributed by atoms with Crippen LogP contribution in [0.5, 0.6) is 0 Å². The average molecular weight is 345 g/mol. The molecule has 0 aromatic carbocycles. The molecule has 1 saturated carbocycles. The molecule has 1 aromatic rings. The van der Waals surface area contributed by atoms with Gasteiger partial charge in [0.15, 0.2) is 0 Å². The third-order valence-electron chi connectivity index (χ3n) is 7.16. The number of likely N-dealkylation sites (tertiary alicyclic amines) is 2. The normalized spacial score (nSPS) is 35.0. The quantitative estimate of drug-likeness (QED) is 0.912. The van der Waals surface area contributed by atoms with Crippen molar-refractivity contribution in [3.05, 3.63) is 17.5 Å². The molecule has 0 spiro atoms. The number of nitrogens with one attached hydrogen (secondary N) is 1. The number of piperidine rings is 1. The topological polar surface area (TPSA) is 52.2 Å². The lowest BCUT2D eigenvalue weighted by molar-refractivity contribution is 0.0279. The lowest BCUT2D eigenvalue weighted by Crippen LogP contribution is -2.55. The zero-order valence-electron chi connectivity index (χ0n) is 15.9. The number of aromatic nitrogens is 2. The van der Waals surface area contributed by atoms with Crippen LogP contribution in [0.15, 0.2) is 6.07 Å². The summed E-state index contributed by atoms with van der Waals surface area (Å²) in [4.78, 5) is 18.0. The van der Waals surface area contributed by atoms with Crippen molar-refractivity contribution in [1.29, 1.82) is 0 Å². The Morgan fingerprint density at radius 2 is 2.12 bits per heavy atom. The number of aryl methyl sites for hydroxylation is 1. The third-order valence-corrected chi connectivity index (χ3v) is 7.16. The van der Waals surface area contributed by atoms with Gasteiger partial charge in [-0.1, -0.05) is 33.1 Å². The summed E-state index contributed by atoms with van der Waals surface area (Å²) in [6.45, 7) is 5.48. The molecule has 1 N–H and O–H groups in total. The van der Waals surface area contributed by atoms with Crippen molar-refractivity contribution in [2.75, 3.05) is 13.6 Å². The number of carbonyl (C=O) groups is 1. The van der Waals surface area contributed by atoms with Gasteiger partial charge in [0.1, 0.15) is 5.69 Å². The molecule has 0 radical (unpaired) electrons. The number of fused-ring (bicyclic) bond motifs is 1. The van der Waals surface area contributed by atoms with Crippen LogP contribution in [0.25, 0.3) is 0 Å². The van der Waals surface area contributed by atoms with Crippen molar-refractivity contribution in [1.82, 2.24) is 20.0 Å². The Kier molecular flexibility index (Phi) is 4.38. The molecule has 2 saturated heterocycles. The minimum atomic E-state index is 0.135. The van der Waals surface area contributed by atoms with Crippen LogP contribution in [0.3, 0.4) is 0 Å². The second-order valence-corrected chi connectivity index (χ2v) is 8.68. The van der Waals surface area contributed by atoms with Crippen LogP contribution in [-0.2, 0) is 6.42 Å². The van der Waals surface area contributed by atoms with E-state index in [9.17, 15) is 4.79 Å². The molecule has 0 unspecified atom stereocenters. The Labute approximate surface area is 151 Å². The number of nitrogens with zero attached hydrogens (tertiary/aromatic N) is 3. The van der Waals surface area contributed by atoms with E-state index in [0.29, 0.717) is 23.8 Å². The predicted molar refractivity (Wildman–Crippen MR) is 98.6 cm³/mol. The van der Waals surface area contributed by atoms with E-state index in [-0.39, 0.29) is 11.3 Å². The first-order valence-corrected chi connectivity index (χ1v) is 10.1. The minimum Gasteiger partial charge on any atom is -0.332 e. The molecular weight excluding hydrogens is 312 g/mol. The van der Waals surface area contributed by atoms with Crippen LogP contribution in [-0.4, -0.2) is 57.6 Å². The SMILES string of the molecule is CCCCc1cc(C(=O)N2C[C@@H]3C[C@@]4(C)[C@H](CCCC[C@@H]24)N3C)n[nH]1. The number of carbonyl (C=O) groups excluding carboxylic acids is 1. The Hall–Kier alpha value is -1.36. The molecule has 4 atom stereocenters. The van der Waals surface area contributed by atoms with Crippen molar-refractivity contribution in [3.8, 4) is 0 Å². The molecule has 138 valence electrons. The van der Waals surface area contributed by atoms with Gasteiger partial charge in [-0.05, 0) is 45.2 Å². The number of amides is 1. The second-order valence-electron chi connectivity index (χ2n) is 8.68. The average Bonchev–Trinajstić information content (AvgIpc) is 3.09. The smallest absolute Gasteiger partial charge is 0.274 e. The van der Waals surface area contributed by atoms with Crippen molar-refractivity contribution in [2.45, 2.75) is 83.3 Å². The van der Waals surface area contributed by atoms with Gasteiger partial charge in [0.25, 0.3) is 5.91 Å². The Morgan fingerprint density at radius 1 is 1.36 bits per heavy atom. The number of H-pyrrole nitrogens is 1. The van der Waals surface area contributed by atoms with Crippen LogP contribution in [0.1, 0.15) is 75.0 Å². The summed E-state index contributed by atoms with van der Waals surface area (Å²) in [5, 5.41) is 7.43. The van der Waals surface area contributed by atoms with Crippen molar-refractivity contribution < 1.29 is 4.79 Å². The fourth-order valence-corrected chi connectivity index (χ4v) is 5.80. The van der Waals surface area contributed by atoms with E-state index in [1.807, 2.05) is 6.07 Å². The monoisotopic (exact) mass is 344 g/mol. The second kappa shape index (κ2) is 6.42. The number of rotatable bonds is 4. The van der Waals surface area contributed by atoms with Crippen molar-refractivity contribution >= 4 is 5.91 Å². The number of hydrogen-bond donors (Lipinski definition) is 1. The van der Waals surface area contributed by atoms with E-state index in [1.54, 1.807) is 0 Å². The van der Waals surface area contributed by atoms with E-state index in [2.05, 4.69) is 40.9 Å². The van der Waals surface area contributed by atoms with E-state index >= 15 is 0 Å². The molecule has 5 nitrogen and oxygen atoms in total. The maximum absolute atomic E-state index is 13.3. The highest BCUT2D eigenvalue weighted by atomic mass is 16.2. The summed E-state index contributed by atoms with van der Waals surface area (Å²) in [7, 11) is 2.27. The van der Waals surface area contributed by atoms with Gasteiger partial charge >= 0.3 is 0 Å². The maximum Gasteiger partial charge on any atom is 0.274 e. The van der Waals surface area contributed by atoms with Gasteiger partial charge in [0, 0.05) is 35.8 Å². The fourth-order valence-electron chi connectivity index (χ4n) is 5.80. The highest BCUT2D eigenvalue weighted by Gasteiger charge is 2.58. The molecule has 4 rings (SSSR count). The van der Waals surface area contributed by atoms with E-state index in [1.165, 1.54) is 25.7 Å². The van der Waals surface area contributed by atoms with E-state index < -0.39 is 0 Å². The number of hydrogen-bond acceptors (Lipinski definition) is 3. The van der Waals surface area contributed by atoms with Gasteiger partial charge in [-0.25, -0.2) is 0 Å². The van der Waals surface area contributed by atoms with E-state index in [0.717, 1.165) is 37.9 Å². The van der Waals surface area contributed by atoms with Gasteiger partial charge in [-0.2, -0.15) is 5.10 Å². The molecule has 1 aromatic heterocycles. The lowest BCUT2D eigenvalue weighted by Gasteiger charge is -2.46. The summed E-state index contributed by atoms with van der Waals surface area (Å²) >= 11 is 0. The summed E-state index contributed by atoms with van der Waals surface area (Å²) in [5.74, 6) is 0.135. The first-order chi connectivity index (χ1) is 12.0. The summed E-state index contributed by atoms with van der Waals surface area (Å²) in [6.07, 6.45) is 9.47. The molecule has 5 heteroatoms. The maximum atomic E-state index is 13.3. The first kappa shape index (κ1) is 17.1. The number of unbranched alkanes of at least 4 members (excludes halogenated alkanes) is 1. The molecule has 2 bridgehead atoms. The van der Waals surface area contributed by atoms with Crippen LogP contribution >= 0.6 is 0 Å². The molecule has 1 amide bonds. The van der Waals surface area contributed by atoms with Crippen LogP contribution in [0.2, 0.25) is 0 Å². The van der Waals surface area contributed by atoms with Crippen LogP contribution in [0.4, 0.5) is 0 Å². The molecule has 3 heterocycles. The van der Waals surface area contributed by atoms with E-state index in [4.69, 9.17) is 0 Å². The standard InChI is InChI=1S/C20H32N4O/c1-4-5-8-14-11-16(22-21-14)19(25)24-13-15-12-20(2)17(23(15)3)9-6-7-10-18(20)24/h11,15,17-18H,4-10,12-13H2,1-3H3,(H,21,22)/t15-,17-,18+,20-/m0/s1. The fraction of sp³-hybridized carbons (Fsp3) is 0.800. The van der Waals surface area contributed by atoms with Gasteiger partial charge in [0.05, 0.1) is 0 Å². The first-order valence-electron chi connectivity index (χ1n) is 10.1. The molecule has 25 heavy (non-hydrogen) atoms. The van der Waals surface area contributed by atoms with Gasteiger partial charge in [-0.15, -0.1) is 0 Å². The summed E-state index contributed by atoms with van der Waals surface area (Å²) in [5.41, 5.74) is 1.94. The zero-order valence-corrected chi connectivity index (χ0v) is 15.9. The molecule has 1 aliphatic carbocycles. The lowest BCUT2D eigenvalue weighted by atomic mass is 9.71. The largest absolute Gasteiger partial charge is 0.332 e. The Balaban J connectivity index is 1.59. The molecule has 2 aliphatic heterocycles. The Bertz CT molecular complexity index is 641. The van der Waals surface area contributed by atoms with Gasteiger partial charge in [0.2, 0.25) is 0 Å². The number of likely N-dealkylation sites (N-methyl/N-ethyl adjacent to an activating group) is 1. The molecule has 3 fully saturated rings. The highest BCUT2D eigenvalue weighted by Crippen LogP contribution is 2.52. The molecule has 3 aliphatic rings. The molecular formula is C20H32N4O. The zero-order chi connectivity index (χ0) is 17.6. The van der Waals surface area contributed by atoms with Gasteiger partial charge in [-0.3, -0.25) is 14.8 Å². The summed E-state index contributed by atoms with van der Waals surface area (Å²) in [6, 6.07) is 3.48. The van der Waals surface area contributed by atoms with Crippen molar-refractivity contribution in [2.24, 2.45) is 5.41 Å². The predicted octanol–water partition coefficient (Wildman–Crippen LogP) is 3.23. The minimum absolute atomic E-state index is 0.135. The van der Waals surface area contributed by atoms with Crippen LogP contribution < -0.4 is 0 Å². The number of aromatic amines is 1. The van der Waals surface area contributed by atoms with Crippen LogP contribution in [0, 0.1) is 5.41 Å². The third kappa shape index (κ3) is 2.71.